The normalized spacial score (nSPS) is 34.4. The lowest BCUT2D eigenvalue weighted by Gasteiger charge is -2.68. The summed E-state index contributed by atoms with van der Waals surface area (Å²) in [5.41, 5.74) is 16.4. The molecule has 4 aliphatic rings. The Kier molecular flexibility index (Phi) is 7.00. The molecule has 40 heavy (non-hydrogen) atoms. The van der Waals surface area contributed by atoms with Crippen LogP contribution in [-0.2, 0) is 0 Å². The van der Waals surface area contributed by atoms with Crippen LogP contribution in [0.1, 0.15) is 122 Å². The molecule has 1 aromatic rings. The predicted molar refractivity (Wildman–Crippen MR) is 175 cm³/mol. The van der Waals surface area contributed by atoms with Gasteiger partial charge in [0.2, 0.25) is 0 Å². The van der Waals surface area contributed by atoms with Crippen LogP contribution in [0.5, 0.6) is 0 Å². The Labute approximate surface area is 246 Å². The highest BCUT2D eigenvalue weighted by molar-refractivity contribution is 5.88. The Hall–Kier alpha value is -2.34. The Bertz CT molecular complexity index is 1400. The van der Waals surface area contributed by atoms with Gasteiger partial charge < -0.3 is 0 Å². The van der Waals surface area contributed by atoms with Crippen LogP contribution >= 0.6 is 0 Å². The zero-order chi connectivity index (χ0) is 29.5. The lowest BCUT2D eigenvalue weighted by Crippen LogP contribution is -2.59. The molecule has 0 radical (unpaired) electrons. The smallest absolute Gasteiger partial charge is 0.0197 e. The summed E-state index contributed by atoms with van der Waals surface area (Å²) in [6.07, 6.45) is 8.87. The van der Waals surface area contributed by atoms with E-state index in [0.717, 1.165) is 18.4 Å². The Morgan fingerprint density at radius 1 is 0.925 bits per heavy atom. The number of rotatable bonds is 4. The first-order chi connectivity index (χ1) is 18.6. The highest BCUT2D eigenvalue weighted by Crippen LogP contribution is 2.75. The van der Waals surface area contributed by atoms with Crippen LogP contribution < -0.4 is 0 Å². The van der Waals surface area contributed by atoms with E-state index in [1.165, 1.54) is 93.4 Å². The summed E-state index contributed by atoms with van der Waals surface area (Å²) in [6.45, 7) is 40.9. The lowest BCUT2D eigenvalue weighted by atomic mass is 9.35. The van der Waals surface area contributed by atoms with Crippen LogP contribution in [-0.4, -0.2) is 0 Å². The van der Waals surface area contributed by atoms with E-state index in [1.807, 2.05) is 0 Å². The number of aryl methyl sites for hydroxylation is 2. The second-order valence-electron chi connectivity index (χ2n) is 14.9. The van der Waals surface area contributed by atoms with Crippen molar-refractivity contribution in [3.63, 3.8) is 0 Å². The summed E-state index contributed by atoms with van der Waals surface area (Å²) in [4.78, 5) is 0. The van der Waals surface area contributed by atoms with Crippen LogP contribution in [0.25, 0.3) is 5.57 Å². The highest BCUT2D eigenvalue weighted by Gasteiger charge is 2.66. The van der Waals surface area contributed by atoms with Crippen LogP contribution in [0.15, 0.2) is 77.5 Å². The molecule has 1 fully saturated rings. The molecule has 214 valence electrons. The number of fused-ring (bicyclic) bond motifs is 3. The SMILES string of the molecule is C=C(C)C1=C(C)C[C@@]2(C)[C@H](CC(=C)C3CCCCC3)[C@]3(C)C(=C(C)[C@@]2(C)C1=C)C(=C)c1c(C)ccc(C)c1[C@H]3C. The topological polar surface area (TPSA) is 0 Å². The van der Waals surface area contributed by atoms with Crippen molar-refractivity contribution in [2.75, 3.05) is 0 Å². The second-order valence-corrected chi connectivity index (χ2v) is 14.9. The quantitative estimate of drug-likeness (QED) is 0.337. The predicted octanol–water partition coefficient (Wildman–Crippen LogP) is 11.8. The Balaban J connectivity index is 1.83. The molecule has 0 aromatic heterocycles. The molecule has 1 aromatic carbocycles. The van der Waals surface area contributed by atoms with Crippen molar-refractivity contribution in [1.29, 1.82) is 0 Å². The third-order valence-electron chi connectivity index (χ3n) is 12.9. The molecule has 5 atom stereocenters. The van der Waals surface area contributed by atoms with Crippen molar-refractivity contribution < 1.29 is 0 Å². The summed E-state index contributed by atoms with van der Waals surface area (Å²) in [5.74, 6) is 1.48. The average molecular weight is 535 g/mol. The van der Waals surface area contributed by atoms with Gasteiger partial charge in [-0.2, -0.15) is 0 Å². The summed E-state index contributed by atoms with van der Waals surface area (Å²) < 4.78 is 0. The van der Waals surface area contributed by atoms with Gasteiger partial charge in [0.05, 0.1) is 0 Å². The molecule has 0 heteroatoms. The summed E-state index contributed by atoms with van der Waals surface area (Å²) >= 11 is 0. The average Bonchev–Trinajstić information content (AvgIpc) is 2.89. The Morgan fingerprint density at radius 3 is 2.12 bits per heavy atom. The van der Waals surface area contributed by atoms with E-state index in [2.05, 4.69) is 81.0 Å². The van der Waals surface area contributed by atoms with Gasteiger partial charge in [-0.05, 0) is 128 Å². The molecule has 0 aliphatic heterocycles. The van der Waals surface area contributed by atoms with Gasteiger partial charge in [0.25, 0.3) is 0 Å². The van der Waals surface area contributed by atoms with Gasteiger partial charge in [-0.1, -0.05) is 108 Å². The van der Waals surface area contributed by atoms with E-state index in [4.69, 9.17) is 19.7 Å². The molecule has 0 bridgehead atoms. The van der Waals surface area contributed by atoms with Crippen LogP contribution in [0, 0.1) is 41.9 Å². The first kappa shape index (κ1) is 29.2. The van der Waals surface area contributed by atoms with Gasteiger partial charge in [-0.15, -0.1) is 0 Å². The molecule has 4 aliphatic carbocycles. The van der Waals surface area contributed by atoms with Crippen LogP contribution in [0.2, 0.25) is 0 Å². The Morgan fingerprint density at radius 2 is 1.52 bits per heavy atom. The van der Waals surface area contributed by atoms with Crippen LogP contribution in [0.4, 0.5) is 0 Å². The van der Waals surface area contributed by atoms with Crippen molar-refractivity contribution >= 4 is 5.57 Å². The van der Waals surface area contributed by atoms with Crippen LogP contribution in [0.3, 0.4) is 0 Å². The molecule has 5 rings (SSSR count). The summed E-state index contributed by atoms with van der Waals surface area (Å²) in [7, 11) is 0. The van der Waals surface area contributed by atoms with Gasteiger partial charge in [0.15, 0.2) is 0 Å². The minimum absolute atomic E-state index is 0.0107. The molecule has 0 spiro atoms. The first-order valence-electron chi connectivity index (χ1n) is 15.9. The fraction of sp³-hybridized carbons (Fsp3) is 0.550. The monoisotopic (exact) mass is 534 g/mol. The summed E-state index contributed by atoms with van der Waals surface area (Å²) in [6, 6.07) is 4.63. The third-order valence-corrected chi connectivity index (χ3v) is 12.9. The van der Waals surface area contributed by atoms with Gasteiger partial charge in [-0.3, -0.25) is 0 Å². The fourth-order valence-electron chi connectivity index (χ4n) is 10.6. The first-order valence-corrected chi connectivity index (χ1v) is 15.9. The minimum Gasteiger partial charge on any atom is -0.0996 e. The van der Waals surface area contributed by atoms with E-state index >= 15 is 0 Å². The van der Waals surface area contributed by atoms with Crippen molar-refractivity contribution in [2.45, 2.75) is 113 Å². The molecular weight excluding hydrogens is 480 g/mol. The van der Waals surface area contributed by atoms with E-state index in [0.29, 0.717) is 17.8 Å². The molecule has 0 unspecified atom stereocenters. The van der Waals surface area contributed by atoms with Crippen molar-refractivity contribution in [3.05, 3.63) is 99.7 Å². The molecule has 0 N–H and O–H groups in total. The minimum atomic E-state index is -0.176. The molecule has 0 heterocycles. The van der Waals surface area contributed by atoms with E-state index in [9.17, 15) is 0 Å². The largest absolute Gasteiger partial charge is 0.0996 e. The molecule has 1 saturated carbocycles. The number of benzene rings is 1. The number of hydrogen-bond donors (Lipinski definition) is 0. The fourth-order valence-corrected chi connectivity index (χ4v) is 10.6. The number of allylic oxidation sites excluding steroid dienone is 8. The summed E-state index contributed by atoms with van der Waals surface area (Å²) in [5, 5.41) is 0. The van der Waals surface area contributed by atoms with Crippen molar-refractivity contribution in [2.24, 2.45) is 28.1 Å². The maximum Gasteiger partial charge on any atom is 0.0197 e. The van der Waals surface area contributed by atoms with Crippen molar-refractivity contribution in [1.82, 2.24) is 0 Å². The molecule has 0 amide bonds. The lowest BCUT2D eigenvalue weighted by molar-refractivity contribution is -0.0381. The zero-order valence-corrected chi connectivity index (χ0v) is 27.2. The molecular formula is C40H54. The van der Waals surface area contributed by atoms with Gasteiger partial charge >= 0.3 is 0 Å². The van der Waals surface area contributed by atoms with Gasteiger partial charge in [0.1, 0.15) is 0 Å². The number of hydrogen-bond acceptors (Lipinski definition) is 0. The second kappa shape index (κ2) is 9.61. The maximum absolute atomic E-state index is 4.92. The van der Waals surface area contributed by atoms with Gasteiger partial charge in [0, 0.05) is 10.8 Å². The van der Waals surface area contributed by atoms with E-state index in [-0.39, 0.29) is 16.2 Å². The van der Waals surface area contributed by atoms with E-state index < -0.39 is 0 Å². The van der Waals surface area contributed by atoms with E-state index in [1.54, 1.807) is 0 Å². The highest BCUT2D eigenvalue weighted by atomic mass is 14.7. The standard InChI is InChI=1S/C40H54/c1-23(2)34-27(6)22-38(11)33(21-26(5)32-17-15-14-16-18-32)39(12)29(8)36-25(4)20-19-24(3)35(36)28(7)37(39)31(10)40(38,13)30(34)9/h19-20,29,32-33H,1,5,7,9,14-18,21-22H2,2-4,6,8,10-13H3/t29-,33+,38+,39-,40-/m1/s1. The van der Waals surface area contributed by atoms with Gasteiger partial charge in [-0.25, -0.2) is 0 Å². The maximum atomic E-state index is 4.92. The zero-order valence-electron chi connectivity index (χ0n) is 27.2. The van der Waals surface area contributed by atoms with Crippen molar-refractivity contribution in [3.8, 4) is 0 Å². The molecule has 0 nitrogen and oxygen atoms in total. The molecule has 0 saturated heterocycles. The third kappa shape index (κ3) is 3.63.